The fraction of sp³-hybridized carbons (Fsp3) is 0.500. The number of nitrogens with zero attached hydrogens (tertiary/aromatic N) is 2. The summed E-state index contributed by atoms with van der Waals surface area (Å²) < 4.78 is 5.45. The number of hydrogen-bond acceptors (Lipinski definition) is 5. The summed E-state index contributed by atoms with van der Waals surface area (Å²) in [5.74, 6) is 0.468. The third-order valence-electron chi connectivity index (χ3n) is 4.42. The highest BCUT2D eigenvalue weighted by molar-refractivity contribution is 5.85. The summed E-state index contributed by atoms with van der Waals surface area (Å²) in [4.78, 5) is 0. The normalized spacial score (nSPS) is 16.8. The van der Waals surface area contributed by atoms with E-state index in [2.05, 4.69) is 45.8 Å². The van der Waals surface area contributed by atoms with Crippen LogP contribution in [-0.4, -0.2) is 16.7 Å². The summed E-state index contributed by atoms with van der Waals surface area (Å²) in [5.41, 5.74) is 7.06. The second-order valence-electron chi connectivity index (χ2n) is 5.77. The van der Waals surface area contributed by atoms with Crippen LogP contribution < -0.4 is 11.1 Å². The zero-order valence-corrected chi connectivity index (χ0v) is 13.4. The zero-order chi connectivity index (χ0) is 14.5. The molecule has 120 valence electrons. The van der Waals surface area contributed by atoms with Crippen LogP contribution in [0.4, 0.5) is 6.01 Å². The second-order valence-corrected chi connectivity index (χ2v) is 5.77. The number of nitrogens with two attached hydrogens (primary N) is 1. The fourth-order valence-electron chi connectivity index (χ4n) is 3.24. The van der Waals surface area contributed by atoms with Gasteiger partial charge in [-0.3, -0.25) is 0 Å². The highest BCUT2D eigenvalue weighted by Gasteiger charge is 2.34. The lowest BCUT2D eigenvalue weighted by Gasteiger charge is -2.37. The van der Waals surface area contributed by atoms with Crippen molar-refractivity contribution >= 4 is 18.4 Å². The van der Waals surface area contributed by atoms with Crippen molar-refractivity contribution < 1.29 is 4.42 Å². The Morgan fingerprint density at radius 3 is 2.45 bits per heavy atom. The molecule has 0 unspecified atom stereocenters. The summed E-state index contributed by atoms with van der Waals surface area (Å²) in [6.07, 6.45) is 6.26. The molecule has 3 N–H and O–H groups in total. The van der Waals surface area contributed by atoms with Crippen molar-refractivity contribution in [3.8, 4) is 0 Å². The molecule has 0 atom stereocenters. The molecule has 0 radical (unpaired) electrons. The maximum absolute atomic E-state index is 5.50. The van der Waals surface area contributed by atoms with Crippen LogP contribution in [0.15, 0.2) is 34.7 Å². The molecule has 3 rings (SSSR count). The van der Waals surface area contributed by atoms with Gasteiger partial charge in [-0.25, -0.2) is 0 Å². The van der Waals surface area contributed by atoms with Crippen molar-refractivity contribution in [1.82, 2.24) is 10.2 Å². The van der Waals surface area contributed by atoms with E-state index in [0.717, 1.165) is 6.54 Å². The van der Waals surface area contributed by atoms with Crippen LogP contribution in [0.2, 0.25) is 0 Å². The number of hydrogen-bond donors (Lipinski definition) is 2. The number of benzene rings is 1. The molecule has 0 bridgehead atoms. The van der Waals surface area contributed by atoms with Crippen LogP contribution in [0, 0.1) is 0 Å². The summed E-state index contributed by atoms with van der Waals surface area (Å²) in [5, 5.41) is 11.2. The quantitative estimate of drug-likeness (QED) is 0.883. The predicted molar refractivity (Wildman–Crippen MR) is 89.1 cm³/mol. The summed E-state index contributed by atoms with van der Waals surface area (Å²) in [6.45, 7) is 1.10. The molecule has 0 aliphatic heterocycles. The molecular formula is C16H23ClN4O. The van der Waals surface area contributed by atoms with E-state index in [-0.39, 0.29) is 24.4 Å². The van der Waals surface area contributed by atoms with E-state index in [0.29, 0.717) is 11.9 Å². The van der Waals surface area contributed by atoms with Gasteiger partial charge in [-0.1, -0.05) is 54.7 Å². The largest absolute Gasteiger partial charge is 0.407 e. The van der Waals surface area contributed by atoms with Crippen molar-refractivity contribution in [3.63, 3.8) is 0 Å². The molecule has 1 fully saturated rings. The molecule has 1 aliphatic carbocycles. The van der Waals surface area contributed by atoms with Gasteiger partial charge in [-0.2, -0.15) is 0 Å². The van der Waals surface area contributed by atoms with Gasteiger partial charge in [0, 0.05) is 12.0 Å². The van der Waals surface area contributed by atoms with Crippen molar-refractivity contribution in [1.29, 1.82) is 0 Å². The molecule has 6 heteroatoms. The lowest BCUT2D eigenvalue weighted by Crippen LogP contribution is -2.36. The Balaban J connectivity index is 0.00000176. The van der Waals surface area contributed by atoms with Gasteiger partial charge in [-0.05, 0) is 18.4 Å². The van der Waals surface area contributed by atoms with Gasteiger partial charge in [0.2, 0.25) is 5.89 Å². The van der Waals surface area contributed by atoms with Crippen LogP contribution >= 0.6 is 12.4 Å². The van der Waals surface area contributed by atoms with E-state index < -0.39 is 0 Å². The zero-order valence-electron chi connectivity index (χ0n) is 12.6. The molecule has 0 saturated heterocycles. The lowest BCUT2D eigenvalue weighted by atomic mass is 9.69. The molecule has 5 nitrogen and oxygen atoms in total. The topological polar surface area (TPSA) is 77.0 Å². The summed E-state index contributed by atoms with van der Waals surface area (Å²) in [6, 6.07) is 11.2. The van der Waals surface area contributed by atoms with Crippen LogP contribution in [0.1, 0.15) is 43.6 Å². The highest BCUT2D eigenvalue weighted by atomic mass is 35.5. The van der Waals surface area contributed by atoms with Gasteiger partial charge in [0.1, 0.15) is 0 Å². The van der Waals surface area contributed by atoms with Gasteiger partial charge >= 0.3 is 6.01 Å². The standard InChI is InChI=1S/C16H22N4O.ClH/c17-11-14-19-20-15(21-14)18-12-16(9-5-2-6-10-16)13-7-3-1-4-8-13;/h1,3-4,7-8H,2,5-6,9-12,17H2,(H,18,20);1H. The molecule has 1 heterocycles. The molecule has 1 aromatic carbocycles. The summed E-state index contributed by atoms with van der Waals surface area (Å²) in [7, 11) is 0. The van der Waals surface area contributed by atoms with E-state index in [1.54, 1.807) is 0 Å². The molecule has 2 aromatic rings. The van der Waals surface area contributed by atoms with Gasteiger partial charge in [0.15, 0.2) is 0 Å². The Labute approximate surface area is 137 Å². The smallest absolute Gasteiger partial charge is 0.315 e. The SMILES string of the molecule is Cl.NCc1nnc(NCC2(c3ccccc3)CCCCC2)o1. The first-order valence-corrected chi connectivity index (χ1v) is 7.64. The average molecular weight is 323 g/mol. The van der Waals surface area contributed by atoms with Crippen molar-refractivity contribution in [3.05, 3.63) is 41.8 Å². The van der Waals surface area contributed by atoms with Gasteiger partial charge in [0.05, 0.1) is 6.54 Å². The third-order valence-corrected chi connectivity index (χ3v) is 4.42. The Morgan fingerprint density at radius 2 is 1.82 bits per heavy atom. The molecule has 1 saturated carbocycles. The molecule has 0 amide bonds. The first-order chi connectivity index (χ1) is 10.3. The number of halogens is 1. The van der Waals surface area contributed by atoms with Crippen molar-refractivity contribution in [2.45, 2.75) is 44.1 Å². The number of aromatic nitrogens is 2. The van der Waals surface area contributed by atoms with Crippen LogP contribution in [0.3, 0.4) is 0 Å². The van der Waals surface area contributed by atoms with Crippen LogP contribution in [0.25, 0.3) is 0 Å². The maximum atomic E-state index is 5.50. The van der Waals surface area contributed by atoms with Crippen molar-refractivity contribution in [2.75, 3.05) is 11.9 Å². The van der Waals surface area contributed by atoms with Crippen LogP contribution in [-0.2, 0) is 12.0 Å². The first kappa shape index (κ1) is 16.8. The summed E-state index contributed by atoms with van der Waals surface area (Å²) >= 11 is 0. The van der Waals surface area contributed by atoms with Gasteiger partial charge in [0.25, 0.3) is 0 Å². The third kappa shape index (κ3) is 3.59. The Bertz CT molecular complexity index is 567. The van der Waals surface area contributed by atoms with Gasteiger partial charge < -0.3 is 15.5 Å². The highest BCUT2D eigenvalue weighted by Crippen LogP contribution is 2.39. The number of anilines is 1. The van der Waals surface area contributed by atoms with E-state index in [9.17, 15) is 0 Å². The van der Waals surface area contributed by atoms with Crippen LogP contribution in [0.5, 0.6) is 0 Å². The molecule has 1 aliphatic rings. The lowest BCUT2D eigenvalue weighted by molar-refractivity contribution is 0.305. The Morgan fingerprint density at radius 1 is 1.09 bits per heavy atom. The molecule has 0 spiro atoms. The van der Waals surface area contributed by atoms with E-state index in [1.165, 1.54) is 37.7 Å². The molecule has 1 aromatic heterocycles. The second kappa shape index (κ2) is 7.61. The monoisotopic (exact) mass is 322 g/mol. The van der Waals surface area contributed by atoms with Gasteiger partial charge in [-0.15, -0.1) is 17.5 Å². The Hall–Kier alpha value is -1.59. The number of nitrogens with one attached hydrogen (secondary N) is 1. The predicted octanol–water partition coefficient (Wildman–Crippen LogP) is 3.26. The Kier molecular flexibility index (Phi) is 5.80. The van der Waals surface area contributed by atoms with E-state index in [1.807, 2.05) is 0 Å². The van der Waals surface area contributed by atoms with E-state index >= 15 is 0 Å². The number of rotatable bonds is 5. The maximum Gasteiger partial charge on any atom is 0.315 e. The average Bonchev–Trinajstić information content (AvgIpc) is 3.03. The van der Waals surface area contributed by atoms with E-state index in [4.69, 9.17) is 10.2 Å². The van der Waals surface area contributed by atoms with Crippen molar-refractivity contribution in [2.24, 2.45) is 5.73 Å². The minimum atomic E-state index is 0. The minimum absolute atomic E-state index is 0. The fourth-order valence-corrected chi connectivity index (χ4v) is 3.24. The minimum Gasteiger partial charge on any atom is -0.407 e. The molecule has 22 heavy (non-hydrogen) atoms. The molecular weight excluding hydrogens is 300 g/mol. The first-order valence-electron chi connectivity index (χ1n) is 7.64.